The monoisotopic (exact) mass is 410 g/mol. The zero-order valence-corrected chi connectivity index (χ0v) is 16.7. The first-order valence-electron chi connectivity index (χ1n) is 9.46. The Morgan fingerprint density at radius 2 is 2.10 bits per heavy atom. The molecule has 4 rings (SSSR count). The number of benzene rings is 2. The zero-order chi connectivity index (χ0) is 20.4. The Hall–Kier alpha value is -2.97. The van der Waals surface area contributed by atoms with Crippen molar-refractivity contribution >= 4 is 27.0 Å². The molecule has 1 fully saturated rings. The Morgan fingerprint density at radius 3 is 2.90 bits per heavy atom. The van der Waals surface area contributed by atoms with E-state index in [9.17, 15) is 13.2 Å². The van der Waals surface area contributed by atoms with Crippen molar-refractivity contribution in [2.24, 2.45) is 0 Å². The van der Waals surface area contributed by atoms with Crippen LogP contribution in [0.2, 0.25) is 0 Å². The van der Waals surface area contributed by atoms with Gasteiger partial charge in [-0.25, -0.2) is 18.1 Å². The molecule has 1 amide bonds. The fourth-order valence-electron chi connectivity index (χ4n) is 3.64. The summed E-state index contributed by atoms with van der Waals surface area (Å²) in [5.41, 5.74) is 2.14. The molecule has 0 spiro atoms. The molecule has 29 heavy (non-hydrogen) atoms. The van der Waals surface area contributed by atoms with E-state index in [1.165, 1.54) is 18.2 Å². The first kappa shape index (κ1) is 19.4. The van der Waals surface area contributed by atoms with Crippen LogP contribution in [-0.2, 0) is 10.0 Å². The molecule has 0 saturated carbocycles. The predicted molar refractivity (Wildman–Crippen MR) is 111 cm³/mol. The van der Waals surface area contributed by atoms with E-state index in [1.807, 2.05) is 24.3 Å². The number of imidazole rings is 1. The SMILES string of the molecule is C=CCNS(=O)(=O)c1cccc(C(=O)N2CCC[C@H]2c2nc3ccccc3[nH]2)c1. The first-order valence-corrected chi connectivity index (χ1v) is 10.9. The van der Waals surface area contributed by atoms with Gasteiger partial charge in [-0.2, -0.15) is 0 Å². The number of amides is 1. The third-order valence-corrected chi connectivity index (χ3v) is 6.47. The van der Waals surface area contributed by atoms with Crippen LogP contribution < -0.4 is 4.72 Å². The number of likely N-dealkylation sites (tertiary alicyclic amines) is 1. The van der Waals surface area contributed by atoms with Crippen LogP contribution in [0.1, 0.15) is 35.1 Å². The Labute approximate surface area is 169 Å². The van der Waals surface area contributed by atoms with Gasteiger partial charge in [-0.05, 0) is 43.2 Å². The maximum atomic E-state index is 13.2. The topological polar surface area (TPSA) is 95.2 Å². The minimum atomic E-state index is -3.70. The van der Waals surface area contributed by atoms with Gasteiger partial charge in [0.25, 0.3) is 5.91 Å². The minimum absolute atomic E-state index is 0.0599. The molecular weight excluding hydrogens is 388 g/mol. The lowest BCUT2D eigenvalue weighted by Gasteiger charge is -2.23. The lowest BCUT2D eigenvalue weighted by Crippen LogP contribution is -2.31. The summed E-state index contributed by atoms with van der Waals surface area (Å²) < 4.78 is 27.2. The molecule has 8 heteroatoms. The molecular formula is C21H22N4O3S. The zero-order valence-electron chi connectivity index (χ0n) is 15.8. The molecule has 2 heterocycles. The molecule has 1 aromatic heterocycles. The molecule has 7 nitrogen and oxygen atoms in total. The standard InChI is InChI=1S/C21H22N4O3S/c1-2-12-22-29(27,28)16-8-5-7-15(14-16)21(26)25-13-6-11-19(25)20-23-17-9-3-4-10-18(17)24-20/h2-5,7-10,14,19,22H,1,6,11-13H2,(H,23,24)/t19-/m0/s1. The maximum Gasteiger partial charge on any atom is 0.254 e. The maximum absolute atomic E-state index is 13.2. The average Bonchev–Trinajstić information content (AvgIpc) is 3.38. The number of rotatable bonds is 6. The van der Waals surface area contributed by atoms with E-state index in [4.69, 9.17) is 0 Å². The van der Waals surface area contributed by atoms with Crippen LogP contribution in [-0.4, -0.2) is 42.3 Å². The van der Waals surface area contributed by atoms with Gasteiger partial charge in [0.15, 0.2) is 0 Å². The number of hydrogen-bond donors (Lipinski definition) is 2. The minimum Gasteiger partial charge on any atom is -0.340 e. The Kier molecular flexibility index (Phi) is 5.21. The number of aromatic nitrogens is 2. The number of fused-ring (bicyclic) bond motifs is 1. The normalized spacial score (nSPS) is 17.0. The van der Waals surface area contributed by atoms with Gasteiger partial charge in [0.1, 0.15) is 5.82 Å². The number of aromatic amines is 1. The predicted octanol–water partition coefficient (Wildman–Crippen LogP) is 3.00. The fourth-order valence-corrected chi connectivity index (χ4v) is 4.68. The number of hydrogen-bond acceptors (Lipinski definition) is 4. The van der Waals surface area contributed by atoms with Crippen LogP contribution in [0.4, 0.5) is 0 Å². The second kappa shape index (κ2) is 7.81. The van der Waals surface area contributed by atoms with Crippen LogP contribution in [0.3, 0.4) is 0 Å². The molecule has 150 valence electrons. The average molecular weight is 410 g/mol. The molecule has 0 bridgehead atoms. The summed E-state index contributed by atoms with van der Waals surface area (Å²) in [5, 5.41) is 0. The van der Waals surface area contributed by atoms with Crippen LogP contribution >= 0.6 is 0 Å². The third-order valence-electron chi connectivity index (χ3n) is 5.05. The number of nitrogens with zero attached hydrogens (tertiary/aromatic N) is 2. The van der Waals surface area contributed by atoms with Crippen molar-refractivity contribution in [3.05, 3.63) is 72.6 Å². The van der Waals surface area contributed by atoms with Gasteiger partial charge in [-0.15, -0.1) is 6.58 Å². The molecule has 2 aromatic carbocycles. The van der Waals surface area contributed by atoms with Gasteiger partial charge in [0.2, 0.25) is 10.0 Å². The van der Waals surface area contributed by atoms with Crippen LogP contribution in [0.15, 0.2) is 66.1 Å². The van der Waals surface area contributed by atoms with Crippen molar-refractivity contribution in [3.63, 3.8) is 0 Å². The van der Waals surface area contributed by atoms with Crippen LogP contribution in [0, 0.1) is 0 Å². The quantitative estimate of drug-likeness (QED) is 0.611. The van der Waals surface area contributed by atoms with Crippen molar-refractivity contribution in [3.8, 4) is 0 Å². The molecule has 0 unspecified atom stereocenters. The molecule has 1 aliphatic rings. The van der Waals surface area contributed by atoms with Crippen molar-refractivity contribution in [2.75, 3.05) is 13.1 Å². The van der Waals surface area contributed by atoms with Crippen molar-refractivity contribution < 1.29 is 13.2 Å². The first-order chi connectivity index (χ1) is 14.0. The summed E-state index contributed by atoms with van der Waals surface area (Å²) in [6.45, 7) is 4.24. The lowest BCUT2D eigenvalue weighted by molar-refractivity contribution is 0.0730. The summed E-state index contributed by atoms with van der Waals surface area (Å²) in [7, 11) is -3.70. The molecule has 3 aromatic rings. The Bertz CT molecular complexity index is 1140. The number of carbonyl (C=O) groups is 1. The second-order valence-electron chi connectivity index (χ2n) is 6.96. The van der Waals surface area contributed by atoms with Crippen LogP contribution in [0.25, 0.3) is 11.0 Å². The highest BCUT2D eigenvalue weighted by molar-refractivity contribution is 7.89. The second-order valence-corrected chi connectivity index (χ2v) is 8.73. The largest absolute Gasteiger partial charge is 0.340 e. The van der Waals surface area contributed by atoms with Gasteiger partial charge in [0.05, 0.1) is 22.0 Å². The number of nitrogens with one attached hydrogen (secondary N) is 2. The van der Waals surface area contributed by atoms with Crippen molar-refractivity contribution in [1.29, 1.82) is 0 Å². The van der Waals surface area contributed by atoms with Gasteiger partial charge >= 0.3 is 0 Å². The van der Waals surface area contributed by atoms with Gasteiger partial charge in [0, 0.05) is 18.7 Å². The highest BCUT2D eigenvalue weighted by atomic mass is 32.2. The summed E-state index contributed by atoms with van der Waals surface area (Å²) >= 11 is 0. The van der Waals surface area contributed by atoms with E-state index in [-0.39, 0.29) is 23.4 Å². The summed E-state index contributed by atoms with van der Waals surface area (Å²) in [4.78, 5) is 23.0. The smallest absolute Gasteiger partial charge is 0.254 e. The van der Waals surface area contributed by atoms with E-state index in [2.05, 4.69) is 21.3 Å². The Morgan fingerprint density at radius 1 is 1.28 bits per heavy atom. The summed E-state index contributed by atoms with van der Waals surface area (Å²) in [5.74, 6) is 0.558. The van der Waals surface area contributed by atoms with Crippen molar-refractivity contribution in [2.45, 2.75) is 23.8 Å². The number of carbonyl (C=O) groups excluding carboxylic acids is 1. The van der Waals surface area contributed by atoms with Crippen molar-refractivity contribution in [1.82, 2.24) is 19.6 Å². The molecule has 2 N–H and O–H groups in total. The lowest BCUT2D eigenvalue weighted by atomic mass is 10.1. The van der Waals surface area contributed by atoms with E-state index < -0.39 is 10.0 Å². The number of H-pyrrole nitrogens is 1. The molecule has 1 atom stereocenters. The van der Waals surface area contributed by atoms with Gasteiger partial charge in [-0.1, -0.05) is 24.3 Å². The van der Waals surface area contributed by atoms with Gasteiger partial charge in [-0.3, -0.25) is 4.79 Å². The molecule has 0 aliphatic carbocycles. The van der Waals surface area contributed by atoms with E-state index in [0.717, 1.165) is 29.7 Å². The van der Waals surface area contributed by atoms with Gasteiger partial charge < -0.3 is 9.88 Å². The number of sulfonamides is 1. The molecule has 1 saturated heterocycles. The van der Waals surface area contributed by atoms with E-state index >= 15 is 0 Å². The fraction of sp³-hybridized carbons (Fsp3) is 0.238. The van der Waals surface area contributed by atoms with E-state index in [0.29, 0.717) is 12.1 Å². The Balaban J connectivity index is 1.62. The third kappa shape index (κ3) is 3.81. The highest BCUT2D eigenvalue weighted by Crippen LogP contribution is 2.32. The highest BCUT2D eigenvalue weighted by Gasteiger charge is 2.33. The summed E-state index contributed by atoms with van der Waals surface area (Å²) in [6, 6.07) is 13.7. The number of para-hydroxylation sites is 2. The van der Waals surface area contributed by atoms with E-state index in [1.54, 1.807) is 17.0 Å². The molecule has 1 aliphatic heterocycles. The molecule has 0 radical (unpaired) electrons. The van der Waals surface area contributed by atoms with Crippen LogP contribution in [0.5, 0.6) is 0 Å². The summed E-state index contributed by atoms with van der Waals surface area (Å²) in [6.07, 6.45) is 3.14.